The molecule has 0 radical (unpaired) electrons. The van der Waals surface area contributed by atoms with Gasteiger partial charge < -0.3 is 5.32 Å². The summed E-state index contributed by atoms with van der Waals surface area (Å²) in [5, 5.41) is 3.02. The summed E-state index contributed by atoms with van der Waals surface area (Å²) in [5.41, 5.74) is -3.66. The molecule has 0 saturated carbocycles. The normalized spacial score (nSPS) is 22.4. The fraction of sp³-hybridized carbons (Fsp3) is 0.455. The van der Waals surface area contributed by atoms with Crippen molar-refractivity contribution in [2.75, 3.05) is 16.8 Å². The quantitative estimate of drug-likeness (QED) is 0.872. The molecule has 1 aromatic carbocycles. The predicted octanol–water partition coefficient (Wildman–Crippen LogP) is 2.90. The maximum absolute atomic E-state index is 12.1. The van der Waals surface area contributed by atoms with E-state index in [-0.39, 0.29) is 34.2 Å². The minimum Gasteiger partial charge on any atom is -0.381 e. The van der Waals surface area contributed by atoms with Crippen LogP contribution in [0.1, 0.15) is 6.42 Å². The fourth-order valence-electron chi connectivity index (χ4n) is 1.90. The van der Waals surface area contributed by atoms with Crippen LogP contribution in [0.2, 0.25) is 0 Å². The lowest BCUT2D eigenvalue weighted by molar-refractivity contribution is -0.0328. The average Bonchev–Trinajstić information content (AvgIpc) is 2.59. The molecular formula is C11H12F3NO2S2. The van der Waals surface area contributed by atoms with Gasteiger partial charge in [-0.1, -0.05) is 0 Å². The van der Waals surface area contributed by atoms with Crippen LogP contribution in [0, 0.1) is 0 Å². The molecule has 0 aliphatic carbocycles. The Morgan fingerprint density at radius 3 is 2.32 bits per heavy atom. The van der Waals surface area contributed by atoms with Crippen LogP contribution < -0.4 is 5.32 Å². The third-order valence-electron chi connectivity index (χ3n) is 2.69. The SMILES string of the molecule is O=S1(=O)CCC(Nc2ccc(SC(F)(F)F)cc2)C1. The van der Waals surface area contributed by atoms with Crippen molar-refractivity contribution < 1.29 is 21.6 Å². The van der Waals surface area contributed by atoms with Crippen LogP contribution in [-0.4, -0.2) is 31.5 Å². The molecule has 0 aromatic heterocycles. The first-order valence-corrected chi connectivity index (χ1v) is 8.20. The highest BCUT2D eigenvalue weighted by Gasteiger charge is 2.29. The van der Waals surface area contributed by atoms with Gasteiger partial charge in [0.25, 0.3) is 0 Å². The third-order valence-corrected chi connectivity index (χ3v) is 5.20. The second-order valence-electron chi connectivity index (χ2n) is 4.32. The van der Waals surface area contributed by atoms with Crippen LogP contribution >= 0.6 is 11.8 Å². The number of hydrogen-bond acceptors (Lipinski definition) is 4. The van der Waals surface area contributed by atoms with E-state index in [4.69, 9.17) is 0 Å². The lowest BCUT2D eigenvalue weighted by Crippen LogP contribution is -2.20. The van der Waals surface area contributed by atoms with E-state index in [9.17, 15) is 21.6 Å². The first-order valence-electron chi connectivity index (χ1n) is 5.56. The van der Waals surface area contributed by atoms with Crippen molar-refractivity contribution in [3.8, 4) is 0 Å². The van der Waals surface area contributed by atoms with Gasteiger partial charge in [-0.25, -0.2) is 8.42 Å². The Hall–Kier alpha value is -0.890. The lowest BCUT2D eigenvalue weighted by Gasteiger charge is -2.13. The molecule has 1 aromatic rings. The van der Waals surface area contributed by atoms with Crippen LogP contribution in [0.3, 0.4) is 0 Å². The molecule has 1 fully saturated rings. The average molecular weight is 311 g/mol. The van der Waals surface area contributed by atoms with Crippen molar-refractivity contribution in [2.24, 2.45) is 0 Å². The zero-order valence-corrected chi connectivity index (χ0v) is 11.4. The Morgan fingerprint density at radius 1 is 1.21 bits per heavy atom. The van der Waals surface area contributed by atoms with E-state index >= 15 is 0 Å². The molecule has 1 saturated heterocycles. The van der Waals surface area contributed by atoms with Crippen molar-refractivity contribution in [3.05, 3.63) is 24.3 Å². The second kappa shape index (κ2) is 5.24. The molecular weight excluding hydrogens is 299 g/mol. The summed E-state index contributed by atoms with van der Waals surface area (Å²) in [7, 11) is -2.96. The van der Waals surface area contributed by atoms with Gasteiger partial charge in [-0.05, 0) is 42.4 Å². The zero-order chi connectivity index (χ0) is 14.1. The molecule has 0 spiro atoms. The molecule has 2 rings (SSSR count). The lowest BCUT2D eigenvalue weighted by atomic mass is 10.2. The molecule has 3 nitrogen and oxygen atoms in total. The van der Waals surface area contributed by atoms with Gasteiger partial charge in [0.15, 0.2) is 9.84 Å². The Kier molecular flexibility index (Phi) is 4.00. The highest BCUT2D eigenvalue weighted by molar-refractivity contribution is 8.00. The predicted molar refractivity (Wildman–Crippen MR) is 69.0 cm³/mol. The molecule has 19 heavy (non-hydrogen) atoms. The maximum atomic E-state index is 12.1. The molecule has 8 heteroatoms. The number of nitrogens with one attached hydrogen (secondary N) is 1. The van der Waals surface area contributed by atoms with Gasteiger partial charge in [-0.2, -0.15) is 13.2 Å². The highest BCUT2D eigenvalue weighted by Crippen LogP contribution is 2.37. The third kappa shape index (κ3) is 4.61. The highest BCUT2D eigenvalue weighted by atomic mass is 32.2. The molecule has 0 amide bonds. The number of rotatable bonds is 3. The van der Waals surface area contributed by atoms with Crippen LogP contribution in [0.5, 0.6) is 0 Å². The van der Waals surface area contributed by atoms with E-state index in [0.29, 0.717) is 12.1 Å². The Bertz CT molecular complexity index is 540. The standard InChI is InChI=1S/C11H12F3NO2S2/c12-11(13,14)18-10-3-1-8(2-4-10)15-9-5-6-19(16,17)7-9/h1-4,9,15H,5-7H2. The largest absolute Gasteiger partial charge is 0.446 e. The second-order valence-corrected chi connectivity index (χ2v) is 7.68. The fourth-order valence-corrected chi connectivity index (χ4v) is 4.11. The van der Waals surface area contributed by atoms with Gasteiger partial charge in [0.05, 0.1) is 11.5 Å². The van der Waals surface area contributed by atoms with E-state index in [0.717, 1.165) is 0 Å². The minimum atomic E-state index is -4.30. The van der Waals surface area contributed by atoms with Crippen molar-refractivity contribution in [2.45, 2.75) is 22.9 Å². The van der Waals surface area contributed by atoms with Crippen LogP contribution in [0.15, 0.2) is 29.2 Å². The number of hydrogen-bond donors (Lipinski definition) is 1. The first kappa shape index (κ1) is 14.5. The van der Waals surface area contributed by atoms with Gasteiger partial charge in [0.1, 0.15) is 0 Å². The van der Waals surface area contributed by atoms with Crippen LogP contribution in [0.25, 0.3) is 0 Å². The van der Waals surface area contributed by atoms with Gasteiger partial charge in [-0.3, -0.25) is 0 Å². The van der Waals surface area contributed by atoms with Crippen molar-refractivity contribution in [1.82, 2.24) is 0 Å². The molecule has 1 heterocycles. The van der Waals surface area contributed by atoms with Crippen molar-refractivity contribution in [1.29, 1.82) is 0 Å². The van der Waals surface area contributed by atoms with E-state index in [1.54, 1.807) is 0 Å². The molecule has 0 bridgehead atoms. The summed E-state index contributed by atoms with van der Waals surface area (Å²) >= 11 is -0.172. The van der Waals surface area contributed by atoms with E-state index in [1.165, 1.54) is 24.3 Å². The summed E-state index contributed by atoms with van der Waals surface area (Å²) in [6.45, 7) is 0. The molecule has 1 aliphatic rings. The molecule has 106 valence electrons. The van der Waals surface area contributed by atoms with Gasteiger partial charge >= 0.3 is 5.51 Å². The first-order chi connectivity index (χ1) is 8.73. The summed E-state index contributed by atoms with van der Waals surface area (Å²) in [4.78, 5) is 0.108. The van der Waals surface area contributed by atoms with Crippen LogP contribution in [0.4, 0.5) is 18.9 Å². The van der Waals surface area contributed by atoms with Gasteiger partial charge in [-0.15, -0.1) is 0 Å². The smallest absolute Gasteiger partial charge is 0.381 e. The summed E-state index contributed by atoms with van der Waals surface area (Å²) in [5.74, 6) is 0.235. The Balaban J connectivity index is 1.96. The van der Waals surface area contributed by atoms with Crippen molar-refractivity contribution in [3.63, 3.8) is 0 Å². The topological polar surface area (TPSA) is 46.2 Å². The Morgan fingerprint density at radius 2 is 1.84 bits per heavy atom. The van der Waals surface area contributed by atoms with E-state index in [2.05, 4.69) is 5.32 Å². The monoisotopic (exact) mass is 311 g/mol. The number of thioether (sulfide) groups is 1. The minimum absolute atomic E-state index is 0.0754. The molecule has 1 aliphatic heterocycles. The summed E-state index contributed by atoms with van der Waals surface area (Å²) in [6, 6.07) is 5.62. The van der Waals surface area contributed by atoms with E-state index < -0.39 is 15.3 Å². The van der Waals surface area contributed by atoms with E-state index in [1.807, 2.05) is 0 Å². The molecule has 1 unspecified atom stereocenters. The van der Waals surface area contributed by atoms with Crippen LogP contribution in [-0.2, 0) is 9.84 Å². The molecule has 1 atom stereocenters. The van der Waals surface area contributed by atoms with Gasteiger partial charge in [0, 0.05) is 16.6 Å². The number of anilines is 1. The maximum Gasteiger partial charge on any atom is 0.446 e. The molecule has 1 N–H and O–H groups in total. The summed E-state index contributed by atoms with van der Waals surface area (Å²) in [6.07, 6.45) is 0.529. The zero-order valence-electron chi connectivity index (χ0n) is 9.77. The number of alkyl halides is 3. The Labute approximate surface area is 113 Å². The van der Waals surface area contributed by atoms with Gasteiger partial charge in [0.2, 0.25) is 0 Å². The number of benzene rings is 1. The number of halogens is 3. The van der Waals surface area contributed by atoms with Crippen molar-refractivity contribution >= 4 is 27.3 Å². The summed E-state index contributed by atoms with van der Waals surface area (Å²) < 4.78 is 59.0. The number of sulfone groups is 1.